The van der Waals surface area contributed by atoms with Gasteiger partial charge in [-0.05, 0) is 12.8 Å². The summed E-state index contributed by atoms with van der Waals surface area (Å²) < 4.78 is 9.92. The number of carbonyl (C=O) groups is 4. The van der Waals surface area contributed by atoms with Crippen LogP contribution in [0.3, 0.4) is 0 Å². The average molecular weight is 343 g/mol. The van der Waals surface area contributed by atoms with Crippen LogP contribution in [0.4, 0.5) is 0 Å². The first-order valence-corrected chi connectivity index (χ1v) is 8.38. The summed E-state index contributed by atoms with van der Waals surface area (Å²) in [6, 6.07) is 0. The van der Waals surface area contributed by atoms with Gasteiger partial charge in [-0.1, -0.05) is 39.5 Å². The second-order valence-corrected chi connectivity index (χ2v) is 5.72. The number of hydrogen-bond acceptors (Lipinski definition) is 7. The van der Waals surface area contributed by atoms with Gasteiger partial charge in [-0.3, -0.25) is 24.4 Å². The smallest absolute Gasteiger partial charge is 0.306 e. The van der Waals surface area contributed by atoms with Gasteiger partial charge in [-0.15, -0.1) is 5.06 Å². The molecule has 1 heterocycles. The average Bonchev–Trinajstić information content (AvgIpc) is 2.73. The molecule has 2 unspecified atom stereocenters. The van der Waals surface area contributed by atoms with E-state index >= 15 is 0 Å². The van der Waals surface area contributed by atoms with Gasteiger partial charge in [0.1, 0.15) is 0 Å². The first-order valence-electron chi connectivity index (χ1n) is 8.38. The second kappa shape index (κ2) is 10.0. The number of imide groups is 1. The summed E-state index contributed by atoms with van der Waals surface area (Å²) in [6.07, 6.45) is 1.61. The minimum Gasteiger partial charge on any atom is -0.447 e. The lowest BCUT2D eigenvalue weighted by atomic mass is 10.2. The van der Waals surface area contributed by atoms with E-state index in [9.17, 15) is 24.4 Å². The highest BCUT2D eigenvalue weighted by Gasteiger charge is 2.52. The van der Waals surface area contributed by atoms with Crippen molar-refractivity contribution in [2.75, 3.05) is 0 Å². The summed E-state index contributed by atoms with van der Waals surface area (Å²) in [7, 11) is 0. The van der Waals surface area contributed by atoms with Crippen molar-refractivity contribution in [3.05, 3.63) is 0 Å². The molecule has 2 amide bonds. The fourth-order valence-electron chi connectivity index (χ4n) is 2.27. The topological polar surface area (TPSA) is 110 Å². The van der Waals surface area contributed by atoms with Crippen molar-refractivity contribution in [1.82, 2.24) is 5.06 Å². The van der Waals surface area contributed by atoms with E-state index in [0.717, 1.165) is 25.7 Å². The maximum absolute atomic E-state index is 11.8. The Morgan fingerprint density at radius 1 is 0.875 bits per heavy atom. The van der Waals surface area contributed by atoms with Crippen molar-refractivity contribution in [2.24, 2.45) is 0 Å². The largest absolute Gasteiger partial charge is 0.447 e. The quantitative estimate of drug-likeness (QED) is 0.278. The molecule has 8 heteroatoms. The highest BCUT2D eigenvalue weighted by Crippen LogP contribution is 2.20. The molecule has 0 radical (unpaired) electrons. The molecule has 0 bridgehead atoms. The number of nitrogens with zero attached hydrogens (tertiary/aromatic N) is 1. The predicted octanol–water partition coefficient (Wildman–Crippen LogP) is 1.73. The molecular weight excluding hydrogens is 318 g/mol. The molecular formula is C16H25NO7. The zero-order valence-corrected chi connectivity index (χ0v) is 14.2. The van der Waals surface area contributed by atoms with Crippen molar-refractivity contribution < 1.29 is 33.9 Å². The predicted molar refractivity (Wildman–Crippen MR) is 81.7 cm³/mol. The van der Waals surface area contributed by atoms with Crippen LogP contribution in [0.1, 0.15) is 65.2 Å². The van der Waals surface area contributed by atoms with Gasteiger partial charge < -0.3 is 9.47 Å². The molecule has 1 N–H and O–H groups in total. The van der Waals surface area contributed by atoms with E-state index in [1.54, 1.807) is 0 Å². The zero-order valence-electron chi connectivity index (χ0n) is 14.2. The Balaban J connectivity index is 2.64. The van der Waals surface area contributed by atoms with E-state index in [4.69, 9.17) is 9.47 Å². The van der Waals surface area contributed by atoms with Crippen LogP contribution in [0.15, 0.2) is 0 Å². The molecule has 24 heavy (non-hydrogen) atoms. The SMILES string of the molecule is CCCCCC(=O)OC1C(=O)N(O)C(=O)C1OC(=O)CCCCC. The van der Waals surface area contributed by atoms with Crippen molar-refractivity contribution in [1.29, 1.82) is 0 Å². The fourth-order valence-corrected chi connectivity index (χ4v) is 2.27. The molecule has 1 aliphatic rings. The van der Waals surface area contributed by atoms with E-state index in [0.29, 0.717) is 12.8 Å². The summed E-state index contributed by atoms with van der Waals surface area (Å²) in [5, 5.41) is 9.25. The van der Waals surface area contributed by atoms with Gasteiger partial charge in [-0.2, -0.15) is 0 Å². The summed E-state index contributed by atoms with van der Waals surface area (Å²) in [4.78, 5) is 47.1. The number of hydroxylamine groups is 2. The third-order valence-electron chi connectivity index (χ3n) is 3.67. The molecule has 8 nitrogen and oxygen atoms in total. The number of rotatable bonds is 10. The minimum absolute atomic E-state index is 0.0917. The van der Waals surface area contributed by atoms with E-state index in [1.165, 1.54) is 0 Å². The summed E-state index contributed by atoms with van der Waals surface area (Å²) in [5.74, 6) is -3.54. The Bertz CT molecular complexity index is 435. The molecule has 136 valence electrons. The van der Waals surface area contributed by atoms with Gasteiger partial charge in [0.15, 0.2) is 0 Å². The van der Waals surface area contributed by atoms with Gasteiger partial charge in [0.05, 0.1) is 0 Å². The maximum Gasteiger partial charge on any atom is 0.306 e. The number of hydrogen-bond donors (Lipinski definition) is 1. The van der Waals surface area contributed by atoms with Gasteiger partial charge in [0.25, 0.3) is 11.8 Å². The van der Waals surface area contributed by atoms with E-state index in [-0.39, 0.29) is 17.9 Å². The molecule has 0 aromatic heterocycles. The first-order chi connectivity index (χ1) is 11.4. The number of unbranched alkanes of at least 4 members (excludes halogenated alkanes) is 4. The molecule has 0 saturated carbocycles. The highest BCUT2D eigenvalue weighted by molar-refractivity contribution is 6.08. The maximum atomic E-state index is 11.8. The van der Waals surface area contributed by atoms with Crippen LogP contribution in [-0.2, 0) is 28.7 Å². The fraction of sp³-hybridized carbons (Fsp3) is 0.750. The van der Waals surface area contributed by atoms with Crippen LogP contribution in [0.2, 0.25) is 0 Å². The Labute approximate surface area is 141 Å². The minimum atomic E-state index is -1.62. The number of esters is 2. The van der Waals surface area contributed by atoms with E-state index < -0.39 is 36.0 Å². The van der Waals surface area contributed by atoms with Gasteiger partial charge >= 0.3 is 11.9 Å². The van der Waals surface area contributed by atoms with Crippen molar-refractivity contribution >= 4 is 23.8 Å². The van der Waals surface area contributed by atoms with Gasteiger partial charge in [0, 0.05) is 12.8 Å². The van der Waals surface area contributed by atoms with E-state index in [2.05, 4.69) is 0 Å². The van der Waals surface area contributed by atoms with Crippen molar-refractivity contribution in [2.45, 2.75) is 77.4 Å². The van der Waals surface area contributed by atoms with Crippen LogP contribution >= 0.6 is 0 Å². The number of amides is 2. The molecule has 0 aromatic carbocycles. The number of carbonyl (C=O) groups excluding carboxylic acids is 4. The van der Waals surface area contributed by atoms with E-state index in [1.807, 2.05) is 13.8 Å². The summed E-state index contributed by atoms with van der Waals surface area (Å²) in [6.45, 7) is 3.95. The van der Waals surface area contributed by atoms with Crippen molar-refractivity contribution in [3.63, 3.8) is 0 Å². The Kier molecular flexibility index (Phi) is 8.39. The second-order valence-electron chi connectivity index (χ2n) is 5.72. The molecule has 1 fully saturated rings. The third kappa shape index (κ3) is 5.59. The Morgan fingerprint density at radius 2 is 1.25 bits per heavy atom. The summed E-state index contributed by atoms with van der Waals surface area (Å²) in [5.41, 5.74) is 0. The molecule has 0 aromatic rings. The molecule has 1 saturated heterocycles. The molecule has 2 atom stereocenters. The van der Waals surface area contributed by atoms with Crippen LogP contribution in [0.5, 0.6) is 0 Å². The molecule has 0 aliphatic carbocycles. The van der Waals surface area contributed by atoms with Crippen LogP contribution in [0, 0.1) is 0 Å². The van der Waals surface area contributed by atoms with Gasteiger partial charge in [-0.25, -0.2) is 0 Å². The van der Waals surface area contributed by atoms with Crippen LogP contribution in [-0.4, -0.2) is 46.2 Å². The zero-order chi connectivity index (χ0) is 18.1. The lowest BCUT2D eigenvalue weighted by Crippen LogP contribution is -2.37. The lowest BCUT2D eigenvalue weighted by molar-refractivity contribution is -0.177. The third-order valence-corrected chi connectivity index (χ3v) is 3.67. The monoisotopic (exact) mass is 343 g/mol. The molecule has 1 rings (SSSR count). The standard InChI is InChI=1S/C16H25NO7/c1-3-5-7-9-11(18)23-13-14(16(21)17(22)15(13)20)24-12(19)10-8-6-4-2/h13-14,22H,3-10H2,1-2H3. The summed E-state index contributed by atoms with van der Waals surface area (Å²) >= 11 is 0. The lowest BCUT2D eigenvalue weighted by Gasteiger charge is -2.16. The molecule has 0 spiro atoms. The van der Waals surface area contributed by atoms with Crippen LogP contribution in [0.25, 0.3) is 0 Å². The van der Waals surface area contributed by atoms with Gasteiger partial charge in [0.2, 0.25) is 12.2 Å². The Morgan fingerprint density at radius 3 is 1.58 bits per heavy atom. The first kappa shape index (κ1) is 20.1. The highest BCUT2D eigenvalue weighted by atomic mass is 16.6. The molecule has 1 aliphatic heterocycles. The number of ether oxygens (including phenoxy) is 2. The Hall–Kier alpha value is -1.96. The van der Waals surface area contributed by atoms with Crippen molar-refractivity contribution in [3.8, 4) is 0 Å². The normalized spacial score (nSPS) is 20.4. The van der Waals surface area contributed by atoms with Crippen LogP contribution < -0.4 is 0 Å².